The Morgan fingerprint density at radius 3 is 2.39 bits per heavy atom. The molecular weight excluding hydrogens is 358 g/mol. The molecule has 10 heteroatoms. The quantitative estimate of drug-likeness (QED) is 0.797. The van der Waals surface area contributed by atoms with Crippen molar-refractivity contribution in [2.75, 3.05) is 11.9 Å². The molecule has 0 saturated carbocycles. The Hall–Kier alpha value is -1.25. The Labute approximate surface area is 145 Å². The summed E-state index contributed by atoms with van der Waals surface area (Å²) in [4.78, 5) is 15.4. The van der Waals surface area contributed by atoms with E-state index in [1.165, 1.54) is 18.3 Å². The van der Waals surface area contributed by atoms with Crippen LogP contribution in [0.4, 0.5) is 18.9 Å². The molecule has 0 aliphatic heterocycles. The maximum absolute atomic E-state index is 12.0. The lowest BCUT2D eigenvalue weighted by atomic mass is 10.0. The number of carbonyl (C=O) groups excluding carboxylic acids is 1. The van der Waals surface area contributed by atoms with E-state index in [1.807, 2.05) is 13.8 Å². The van der Waals surface area contributed by atoms with E-state index in [2.05, 4.69) is 15.0 Å². The zero-order chi connectivity index (χ0) is 16.0. The Kier molecular flexibility index (Phi) is 11.0. The van der Waals surface area contributed by atoms with Gasteiger partial charge < -0.3 is 15.8 Å². The van der Waals surface area contributed by atoms with Crippen LogP contribution in [0.25, 0.3) is 0 Å². The fourth-order valence-corrected chi connectivity index (χ4v) is 1.55. The summed E-state index contributed by atoms with van der Waals surface area (Å²) >= 11 is 0. The molecule has 1 aromatic heterocycles. The summed E-state index contributed by atoms with van der Waals surface area (Å²) in [5.41, 5.74) is 6.06. The lowest BCUT2D eigenvalue weighted by Gasteiger charge is -2.14. The van der Waals surface area contributed by atoms with Gasteiger partial charge in [-0.1, -0.05) is 13.8 Å². The van der Waals surface area contributed by atoms with Gasteiger partial charge in [0.05, 0.1) is 17.9 Å². The second-order valence-corrected chi connectivity index (χ2v) is 5.01. The summed E-state index contributed by atoms with van der Waals surface area (Å²) < 4.78 is 40.3. The van der Waals surface area contributed by atoms with E-state index in [-0.39, 0.29) is 42.5 Å². The highest BCUT2D eigenvalue weighted by Crippen LogP contribution is 2.18. The van der Waals surface area contributed by atoms with Crippen LogP contribution in [0.5, 0.6) is 5.88 Å². The second-order valence-electron chi connectivity index (χ2n) is 5.01. The second kappa shape index (κ2) is 10.5. The molecule has 1 atom stereocenters. The van der Waals surface area contributed by atoms with Crippen LogP contribution in [0.1, 0.15) is 20.3 Å². The molecule has 0 aliphatic rings. The molecule has 3 N–H and O–H groups in total. The maximum atomic E-state index is 12.0. The van der Waals surface area contributed by atoms with Crippen molar-refractivity contribution in [3.05, 3.63) is 18.3 Å². The molecule has 1 aromatic rings. The van der Waals surface area contributed by atoms with Gasteiger partial charge in [0.25, 0.3) is 0 Å². The molecule has 5 nitrogen and oxygen atoms in total. The van der Waals surface area contributed by atoms with Crippen LogP contribution >= 0.6 is 24.8 Å². The first-order valence-corrected chi connectivity index (χ1v) is 6.39. The fourth-order valence-electron chi connectivity index (χ4n) is 1.55. The third-order valence-corrected chi connectivity index (χ3v) is 2.45. The highest BCUT2D eigenvalue weighted by molar-refractivity contribution is 5.94. The highest BCUT2D eigenvalue weighted by atomic mass is 35.5. The first kappa shape index (κ1) is 24.0. The number of alkyl halides is 3. The van der Waals surface area contributed by atoms with Crippen molar-refractivity contribution in [3.8, 4) is 5.88 Å². The molecular formula is C13H20Cl2F3N3O2. The van der Waals surface area contributed by atoms with Crippen molar-refractivity contribution in [2.45, 2.75) is 32.5 Å². The van der Waals surface area contributed by atoms with Gasteiger partial charge in [-0.2, -0.15) is 13.2 Å². The zero-order valence-corrected chi connectivity index (χ0v) is 14.2. The van der Waals surface area contributed by atoms with E-state index in [4.69, 9.17) is 5.73 Å². The number of amides is 1. The number of nitrogens with one attached hydrogen (secondary N) is 1. The van der Waals surface area contributed by atoms with Crippen molar-refractivity contribution >= 4 is 36.4 Å². The zero-order valence-electron chi connectivity index (χ0n) is 12.6. The van der Waals surface area contributed by atoms with Crippen LogP contribution in [0.3, 0.4) is 0 Å². The molecule has 0 unspecified atom stereocenters. The van der Waals surface area contributed by atoms with E-state index >= 15 is 0 Å². The van der Waals surface area contributed by atoms with Crippen LogP contribution in [0.2, 0.25) is 0 Å². The third kappa shape index (κ3) is 10.2. The number of rotatable bonds is 6. The predicted molar refractivity (Wildman–Crippen MR) is 86.3 cm³/mol. The number of pyridine rings is 1. The van der Waals surface area contributed by atoms with E-state index in [0.717, 1.165) is 0 Å². The van der Waals surface area contributed by atoms with Gasteiger partial charge in [-0.15, -0.1) is 24.8 Å². The molecule has 1 rings (SSSR count). The van der Waals surface area contributed by atoms with Crippen molar-refractivity contribution < 1.29 is 22.7 Å². The lowest BCUT2D eigenvalue weighted by Crippen LogP contribution is -2.36. The molecule has 0 saturated heterocycles. The first-order chi connectivity index (χ1) is 9.67. The molecule has 1 amide bonds. The number of nitrogens with two attached hydrogens (primary N) is 1. The topological polar surface area (TPSA) is 77.2 Å². The van der Waals surface area contributed by atoms with Gasteiger partial charge in [0.1, 0.15) is 0 Å². The average Bonchev–Trinajstić information content (AvgIpc) is 2.36. The molecule has 134 valence electrons. The van der Waals surface area contributed by atoms with Gasteiger partial charge in [0, 0.05) is 6.07 Å². The third-order valence-electron chi connectivity index (χ3n) is 2.45. The molecule has 0 radical (unpaired) electrons. The number of aromatic nitrogens is 1. The Morgan fingerprint density at radius 2 is 1.96 bits per heavy atom. The van der Waals surface area contributed by atoms with Crippen molar-refractivity contribution in [2.24, 2.45) is 11.7 Å². The standard InChI is InChI=1S/C13H18F3N3O2.2ClH/c1-8(2)5-10(17)12(20)19-9-3-4-11(18-6-9)21-7-13(14,15)16;;/h3-4,6,8,10H,5,7,17H2,1-2H3,(H,19,20);2*1H/t10-;;/m0../s1. The molecule has 0 aliphatic carbocycles. The summed E-state index contributed by atoms with van der Waals surface area (Å²) in [5.74, 6) is -0.256. The number of anilines is 1. The average molecular weight is 378 g/mol. The van der Waals surface area contributed by atoms with Crippen LogP contribution in [-0.4, -0.2) is 29.7 Å². The summed E-state index contributed by atoms with van der Waals surface area (Å²) in [5, 5.41) is 2.54. The van der Waals surface area contributed by atoms with Crippen molar-refractivity contribution in [1.29, 1.82) is 0 Å². The lowest BCUT2D eigenvalue weighted by molar-refractivity contribution is -0.154. The van der Waals surface area contributed by atoms with E-state index in [0.29, 0.717) is 12.1 Å². The Balaban J connectivity index is 0. The van der Waals surface area contributed by atoms with E-state index in [1.54, 1.807) is 0 Å². The van der Waals surface area contributed by atoms with Crippen molar-refractivity contribution in [1.82, 2.24) is 4.98 Å². The Bertz CT molecular complexity index is 471. The van der Waals surface area contributed by atoms with Gasteiger partial charge >= 0.3 is 6.18 Å². The van der Waals surface area contributed by atoms with E-state index in [9.17, 15) is 18.0 Å². The smallest absolute Gasteiger partial charge is 0.422 e. The first-order valence-electron chi connectivity index (χ1n) is 6.39. The number of ether oxygens (including phenoxy) is 1. The highest BCUT2D eigenvalue weighted by Gasteiger charge is 2.28. The van der Waals surface area contributed by atoms with Gasteiger partial charge in [-0.05, 0) is 18.4 Å². The summed E-state index contributed by atoms with van der Waals surface area (Å²) in [7, 11) is 0. The maximum Gasteiger partial charge on any atom is 0.422 e. The summed E-state index contributed by atoms with van der Waals surface area (Å²) in [6.45, 7) is 2.48. The number of nitrogens with zero attached hydrogens (tertiary/aromatic N) is 1. The summed E-state index contributed by atoms with van der Waals surface area (Å²) in [6.07, 6.45) is -2.67. The SMILES string of the molecule is CC(C)C[C@H](N)C(=O)Nc1ccc(OCC(F)(F)F)nc1.Cl.Cl. The normalized spacial score (nSPS) is 12.0. The number of hydrogen-bond acceptors (Lipinski definition) is 4. The van der Waals surface area contributed by atoms with Gasteiger partial charge in [-0.3, -0.25) is 4.79 Å². The summed E-state index contributed by atoms with van der Waals surface area (Å²) in [6, 6.07) is 2.00. The molecule has 0 aromatic carbocycles. The van der Waals surface area contributed by atoms with Crippen LogP contribution in [0, 0.1) is 5.92 Å². The number of halogens is 5. The van der Waals surface area contributed by atoms with Gasteiger partial charge in [-0.25, -0.2) is 4.98 Å². The molecule has 0 spiro atoms. The largest absolute Gasteiger partial charge is 0.468 e. The monoisotopic (exact) mass is 377 g/mol. The number of carbonyl (C=O) groups is 1. The van der Waals surface area contributed by atoms with Crippen LogP contribution < -0.4 is 15.8 Å². The Morgan fingerprint density at radius 1 is 1.35 bits per heavy atom. The van der Waals surface area contributed by atoms with Crippen LogP contribution in [-0.2, 0) is 4.79 Å². The molecule has 23 heavy (non-hydrogen) atoms. The molecule has 0 fully saturated rings. The number of hydrogen-bond donors (Lipinski definition) is 2. The minimum absolute atomic E-state index is 0. The van der Waals surface area contributed by atoms with Crippen LogP contribution in [0.15, 0.2) is 18.3 Å². The van der Waals surface area contributed by atoms with Gasteiger partial charge in [0.2, 0.25) is 11.8 Å². The predicted octanol–water partition coefficient (Wildman–Crippen LogP) is 3.18. The van der Waals surface area contributed by atoms with E-state index < -0.39 is 18.8 Å². The fraction of sp³-hybridized carbons (Fsp3) is 0.538. The van der Waals surface area contributed by atoms with Crippen molar-refractivity contribution in [3.63, 3.8) is 0 Å². The van der Waals surface area contributed by atoms with Gasteiger partial charge in [0.15, 0.2) is 6.61 Å². The minimum Gasteiger partial charge on any atom is -0.468 e. The minimum atomic E-state index is -4.42. The molecule has 0 bridgehead atoms. The molecule has 1 heterocycles.